The van der Waals surface area contributed by atoms with Gasteiger partial charge >= 0.3 is 0 Å². The second-order valence-electron chi connectivity index (χ2n) is 4.50. The summed E-state index contributed by atoms with van der Waals surface area (Å²) in [6.45, 7) is -0.275. The minimum Gasteiger partial charge on any atom is -0.483 e. The SMILES string of the molecule is NC(=O)COc1ccccc1C(=O)/C=C/c1cccc(Cl)c1. The molecule has 2 rings (SSSR count). The Labute approximate surface area is 133 Å². The third kappa shape index (κ3) is 4.46. The molecule has 0 bridgehead atoms. The number of hydrogen-bond acceptors (Lipinski definition) is 3. The van der Waals surface area contributed by atoms with Gasteiger partial charge in [-0.2, -0.15) is 0 Å². The van der Waals surface area contributed by atoms with Crippen molar-refractivity contribution >= 4 is 29.4 Å². The number of allylic oxidation sites excluding steroid dienone is 1. The van der Waals surface area contributed by atoms with Crippen molar-refractivity contribution in [2.24, 2.45) is 5.73 Å². The molecule has 0 spiro atoms. The lowest BCUT2D eigenvalue weighted by atomic mass is 10.1. The molecule has 0 aliphatic rings. The van der Waals surface area contributed by atoms with Crippen molar-refractivity contribution in [3.8, 4) is 5.75 Å². The first kappa shape index (κ1) is 15.8. The maximum absolute atomic E-state index is 12.3. The second kappa shape index (κ2) is 7.43. The van der Waals surface area contributed by atoms with Gasteiger partial charge in [-0.1, -0.05) is 41.9 Å². The first-order valence-electron chi connectivity index (χ1n) is 6.54. The van der Waals surface area contributed by atoms with Crippen LogP contribution >= 0.6 is 11.6 Å². The van der Waals surface area contributed by atoms with Crippen LogP contribution in [0, 0.1) is 0 Å². The smallest absolute Gasteiger partial charge is 0.255 e. The van der Waals surface area contributed by atoms with E-state index < -0.39 is 5.91 Å². The van der Waals surface area contributed by atoms with Gasteiger partial charge in [0.2, 0.25) is 0 Å². The number of para-hydroxylation sites is 1. The molecule has 4 nitrogen and oxygen atoms in total. The molecule has 0 aliphatic carbocycles. The summed E-state index contributed by atoms with van der Waals surface area (Å²) in [5, 5.41) is 0.597. The van der Waals surface area contributed by atoms with Crippen molar-refractivity contribution in [1.82, 2.24) is 0 Å². The van der Waals surface area contributed by atoms with Crippen LogP contribution in [0.4, 0.5) is 0 Å². The van der Waals surface area contributed by atoms with Crippen molar-refractivity contribution in [2.75, 3.05) is 6.61 Å². The Morgan fingerprint density at radius 1 is 1.14 bits per heavy atom. The normalized spacial score (nSPS) is 10.6. The highest BCUT2D eigenvalue weighted by Crippen LogP contribution is 2.19. The van der Waals surface area contributed by atoms with Gasteiger partial charge in [0.15, 0.2) is 12.4 Å². The molecule has 0 unspecified atom stereocenters. The molecule has 5 heteroatoms. The van der Waals surface area contributed by atoms with E-state index in [2.05, 4.69) is 0 Å². The maximum Gasteiger partial charge on any atom is 0.255 e. The Morgan fingerprint density at radius 3 is 2.64 bits per heavy atom. The zero-order valence-corrected chi connectivity index (χ0v) is 12.4. The highest BCUT2D eigenvalue weighted by molar-refractivity contribution is 6.30. The van der Waals surface area contributed by atoms with E-state index in [9.17, 15) is 9.59 Å². The number of benzene rings is 2. The van der Waals surface area contributed by atoms with Crippen LogP contribution in [0.25, 0.3) is 6.08 Å². The van der Waals surface area contributed by atoms with Crippen LogP contribution in [-0.2, 0) is 4.79 Å². The average Bonchev–Trinajstić information content (AvgIpc) is 2.51. The van der Waals surface area contributed by atoms with Crippen LogP contribution in [0.2, 0.25) is 5.02 Å². The van der Waals surface area contributed by atoms with E-state index in [1.165, 1.54) is 6.08 Å². The van der Waals surface area contributed by atoms with Gasteiger partial charge in [0.05, 0.1) is 5.56 Å². The van der Waals surface area contributed by atoms with Gasteiger partial charge in [0.1, 0.15) is 5.75 Å². The van der Waals surface area contributed by atoms with E-state index in [0.717, 1.165) is 5.56 Å². The van der Waals surface area contributed by atoms with Crippen LogP contribution < -0.4 is 10.5 Å². The van der Waals surface area contributed by atoms with E-state index in [-0.39, 0.29) is 12.4 Å². The van der Waals surface area contributed by atoms with E-state index in [0.29, 0.717) is 16.3 Å². The van der Waals surface area contributed by atoms with Crippen molar-refractivity contribution in [3.63, 3.8) is 0 Å². The predicted molar refractivity (Wildman–Crippen MR) is 85.9 cm³/mol. The second-order valence-corrected chi connectivity index (χ2v) is 4.94. The molecule has 2 aromatic rings. The number of halogens is 1. The van der Waals surface area contributed by atoms with Gasteiger partial charge in [-0.15, -0.1) is 0 Å². The van der Waals surface area contributed by atoms with Crippen molar-refractivity contribution in [2.45, 2.75) is 0 Å². The van der Waals surface area contributed by atoms with Crippen molar-refractivity contribution in [1.29, 1.82) is 0 Å². The number of rotatable bonds is 6. The van der Waals surface area contributed by atoms with Crippen LogP contribution in [-0.4, -0.2) is 18.3 Å². The summed E-state index contributed by atoms with van der Waals surface area (Å²) in [4.78, 5) is 23.0. The predicted octanol–water partition coefficient (Wildman–Crippen LogP) is 3.10. The monoisotopic (exact) mass is 315 g/mol. The number of ketones is 1. The topological polar surface area (TPSA) is 69.4 Å². The first-order chi connectivity index (χ1) is 10.6. The summed E-state index contributed by atoms with van der Waals surface area (Å²) in [7, 11) is 0. The standard InChI is InChI=1S/C17H14ClNO3/c18-13-5-3-4-12(10-13)8-9-15(20)14-6-1-2-7-16(14)22-11-17(19)21/h1-10H,11H2,(H2,19,21)/b9-8+. The van der Waals surface area contributed by atoms with Gasteiger partial charge in [0, 0.05) is 5.02 Å². The Balaban J connectivity index is 2.17. The van der Waals surface area contributed by atoms with Crippen molar-refractivity contribution < 1.29 is 14.3 Å². The van der Waals surface area contributed by atoms with Gasteiger partial charge in [-0.05, 0) is 35.9 Å². The van der Waals surface area contributed by atoms with Crippen LogP contribution in [0.5, 0.6) is 5.75 Å². The highest BCUT2D eigenvalue weighted by Gasteiger charge is 2.10. The molecule has 22 heavy (non-hydrogen) atoms. The Hall–Kier alpha value is -2.59. The zero-order chi connectivity index (χ0) is 15.9. The summed E-state index contributed by atoms with van der Waals surface area (Å²) < 4.78 is 5.24. The molecular formula is C17H14ClNO3. The fraction of sp³-hybridized carbons (Fsp3) is 0.0588. The number of hydrogen-bond donors (Lipinski definition) is 1. The van der Waals surface area contributed by atoms with Crippen molar-refractivity contribution in [3.05, 3.63) is 70.8 Å². The first-order valence-corrected chi connectivity index (χ1v) is 6.92. The minimum atomic E-state index is -0.600. The number of ether oxygens (including phenoxy) is 1. The Kier molecular flexibility index (Phi) is 5.33. The third-order valence-electron chi connectivity index (χ3n) is 2.80. The zero-order valence-electron chi connectivity index (χ0n) is 11.7. The van der Waals surface area contributed by atoms with E-state index in [4.69, 9.17) is 22.1 Å². The molecule has 112 valence electrons. The quantitative estimate of drug-likeness (QED) is 0.658. The Bertz CT molecular complexity index is 725. The molecule has 0 saturated carbocycles. The molecule has 0 fully saturated rings. The number of primary amides is 1. The number of nitrogens with two attached hydrogens (primary N) is 1. The molecule has 0 saturated heterocycles. The summed E-state index contributed by atoms with van der Waals surface area (Å²) in [6.07, 6.45) is 3.09. The summed E-state index contributed by atoms with van der Waals surface area (Å²) in [6, 6.07) is 13.8. The Morgan fingerprint density at radius 2 is 1.91 bits per heavy atom. The molecule has 0 heterocycles. The van der Waals surface area contributed by atoms with Gasteiger partial charge < -0.3 is 10.5 Å². The maximum atomic E-state index is 12.3. The molecule has 2 N–H and O–H groups in total. The minimum absolute atomic E-state index is 0.236. The number of carbonyl (C=O) groups excluding carboxylic acids is 2. The van der Waals surface area contributed by atoms with Gasteiger partial charge in [-0.25, -0.2) is 0 Å². The van der Waals surface area contributed by atoms with Gasteiger partial charge in [-0.3, -0.25) is 9.59 Å². The van der Waals surface area contributed by atoms with E-state index >= 15 is 0 Å². The highest BCUT2D eigenvalue weighted by atomic mass is 35.5. The molecule has 0 aromatic heterocycles. The summed E-state index contributed by atoms with van der Waals surface area (Å²) in [5.41, 5.74) is 6.22. The average molecular weight is 316 g/mol. The van der Waals surface area contributed by atoms with Crippen LogP contribution in [0.3, 0.4) is 0 Å². The van der Waals surface area contributed by atoms with Gasteiger partial charge in [0.25, 0.3) is 5.91 Å². The van der Waals surface area contributed by atoms with E-state index in [1.54, 1.807) is 48.5 Å². The number of amides is 1. The third-order valence-corrected chi connectivity index (χ3v) is 3.03. The van der Waals surface area contributed by atoms with E-state index in [1.807, 2.05) is 6.07 Å². The summed E-state index contributed by atoms with van der Waals surface area (Å²) in [5.74, 6) is -0.515. The fourth-order valence-electron chi connectivity index (χ4n) is 1.82. The summed E-state index contributed by atoms with van der Waals surface area (Å²) >= 11 is 5.89. The van der Waals surface area contributed by atoms with Crippen LogP contribution in [0.1, 0.15) is 15.9 Å². The molecule has 0 radical (unpaired) electrons. The molecule has 2 aromatic carbocycles. The molecule has 0 aliphatic heterocycles. The van der Waals surface area contributed by atoms with Crippen LogP contribution in [0.15, 0.2) is 54.6 Å². The molecule has 0 atom stereocenters. The lowest BCUT2D eigenvalue weighted by molar-refractivity contribution is -0.119. The largest absolute Gasteiger partial charge is 0.483 e. The molecule has 1 amide bonds. The lowest BCUT2D eigenvalue weighted by Crippen LogP contribution is -2.20. The lowest BCUT2D eigenvalue weighted by Gasteiger charge is -2.07. The fourth-order valence-corrected chi connectivity index (χ4v) is 2.02. The molecular weight excluding hydrogens is 302 g/mol. The number of carbonyl (C=O) groups is 2.